The number of benzene rings is 2. The van der Waals surface area contributed by atoms with Crippen LogP contribution in [0.2, 0.25) is 0 Å². The molecule has 0 unspecified atom stereocenters. The van der Waals surface area contributed by atoms with Gasteiger partial charge in [-0.2, -0.15) is 0 Å². The molecule has 0 aliphatic rings. The van der Waals surface area contributed by atoms with Crippen LogP contribution < -0.4 is 4.74 Å². The van der Waals surface area contributed by atoms with E-state index in [1.165, 1.54) is 0 Å². The average molecular weight is 290 g/mol. The first kappa shape index (κ1) is 14.1. The minimum atomic E-state index is -5.00. The minimum Gasteiger partial charge on any atom is -0.508 e. The molecule has 106 valence electrons. The van der Waals surface area contributed by atoms with Crippen molar-refractivity contribution in [3.05, 3.63) is 48.0 Å². The molecule has 20 heavy (non-hydrogen) atoms. The molecule has 2 rings (SSSR count). The van der Waals surface area contributed by atoms with Crippen LogP contribution in [0, 0.1) is 11.6 Å². The highest BCUT2D eigenvalue weighted by atomic mass is 19.4. The number of hydrogen-bond donors (Lipinski definition) is 1. The van der Waals surface area contributed by atoms with E-state index in [1.807, 2.05) is 0 Å². The van der Waals surface area contributed by atoms with E-state index in [0.717, 1.165) is 24.3 Å². The maximum Gasteiger partial charge on any atom is 0.573 e. The number of rotatable bonds is 2. The van der Waals surface area contributed by atoms with Crippen molar-refractivity contribution in [1.82, 2.24) is 0 Å². The summed E-state index contributed by atoms with van der Waals surface area (Å²) in [5, 5.41) is 9.19. The van der Waals surface area contributed by atoms with Crippen LogP contribution in [0.3, 0.4) is 0 Å². The lowest BCUT2D eigenvalue weighted by atomic mass is 10.0. The predicted molar refractivity (Wildman–Crippen MR) is 60.1 cm³/mol. The SMILES string of the molecule is Oc1ccc(-c2ccc(F)cc2F)c(OC(F)(F)F)c1. The van der Waals surface area contributed by atoms with Gasteiger partial charge in [0.2, 0.25) is 0 Å². The fourth-order valence-electron chi connectivity index (χ4n) is 1.65. The van der Waals surface area contributed by atoms with Gasteiger partial charge in [0.1, 0.15) is 23.1 Å². The first-order valence-corrected chi connectivity index (χ1v) is 5.30. The zero-order valence-electron chi connectivity index (χ0n) is 9.71. The van der Waals surface area contributed by atoms with Crippen molar-refractivity contribution in [2.45, 2.75) is 6.36 Å². The van der Waals surface area contributed by atoms with Gasteiger partial charge in [-0.15, -0.1) is 13.2 Å². The standard InChI is InChI=1S/C13H7F5O2/c14-7-1-3-9(11(15)5-7)10-4-2-8(19)6-12(10)20-13(16,17)18/h1-6,19H. The van der Waals surface area contributed by atoms with E-state index in [9.17, 15) is 27.1 Å². The van der Waals surface area contributed by atoms with E-state index >= 15 is 0 Å². The Bertz CT molecular complexity index is 637. The van der Waals surface area contributed by atoms with Gasteiger partial charge in [-0.3, -0.25) is 0 Å². The van der Waals surface area contributed by atoms with Crippen LogP contribution in [0.1, 0.15) is 0 Å². The Balaban J connectivity index is 2.55. The summed E-state index contributed by atoms with van der Waals surface area (Å²) in [4.78, 5) is 0. The van der Waals surface area contributed by atoms with Gasteiger partial charge in [0.15, 0.2) is 0 Å². The largest absolute Gasteiger partial charge is 0.573 e. The first-order valence-electron chi connectivity index (χ1n) is 5.30. The number of phenols is 1. The Morgan fingerprint density at radius 2 is 1.55 bits per heavy atom. The van der Waals surface area contributed by atoms with Crippen LogP contribution in [0.15, 0.2) is 36.4 Å². The highest BCUT2D eigenvalue weighted by Gasteiger charge is 2.32. The summed E-state index contributed by atoms with van der Waals surface area (Å²) in [6.45, 7) is 0. The molecular weight excluding hydrogens is 283 g/mol. The van der Waals surface area contributed by atoms with Gasteiger partial charge in [0.25, 0.3) is 0 Å². The van der Waals surface area contributed by atoms with E-state index in [0.29, 0.717) is 12.1 Å². The maximum atomic E-state index is 13.6. The molecule has 0 spiro atoms. The lowest BCUT2D eigenvalue weighted by molar-refractivity contribution is -0.274. The zero-order valence-corrected chi connectivity index (χ0v) is 9.71. The maximum absolute atomic E-state index is 13.6. The predicted octanol–water partition coefficient (Wildman–Crippen LogP) is 4.24. The summed E-state index contributed by atoms with van der Waals surface area (Å²) in [7, 11) is 0. The highest BCUT2D eigenvalue weighted by molar-refractivity contribution is 5.72. The number of hydrogen-bond acceptors (Lipinski definition) is 2. The molecule has 0 saturated carbocycles. The normalized spacial score (nSPS) is 11.4. The third-order valence-corrected chi connectivity index (χ3v) is 2.41. The summed E-state index contributed by atoms with van der Waals surface area (Å²) < 4.78 is 67.0. The Morgan fingerprint density at radius 1 is 0.900 bits per heavy atom. The summed E-state index contributed by atoms with van der Waals surface area (Å²) in [5.74, 6) is -3.15. The molecule has 2 aromatic rings. The number of halogens is 5. The van der Waals surface area contributed by atoms with Crippen molar-refractivity contribution in [2.75, 3.05) is 0 Å². The van der Waals surface area contributed by atoms with Crippen LogP contribution in [-0.4, -0.2) is 11.5 Å². The van der Waals surface area contributed by atoms with Crippen LogP contribution in [0.25, 0.3) is 11.1 Å². The fourth-order valence-corrected chi connectivity index (χ4v) is 1.65. The lowest BCUT2D eigenvalue weighted by Gasteiger charge is -2.14. The molecule has 0 fully saturated rings. The molecule has 0 bridgehead atoms. The molecular formula is C13H7F5O2. The molecule has 0 amide bonds. The average Bonchev–Trinajstić information content (AvgIpc) is 2.28. The van der Waals surface area contributed by atoms with Gasteiger partial charge < -0.3 is 9.84 Å². The van der Waals surface area contributed by atoms with Crippen molar-refractivity contribution < 1.29 is 31.8 Å². The summed E-state index contributed by atoms with van der Waals surface area (Å²) >= 11 is 0. The number of aromatic hydroxyl groups is 1. The van der Waals surface area contributed by atoms with E-state index < -0.39 is 29.5 Å². The Labute approximate surface area is 110 Å². The minimum absolute atomic E-state index is 0.252. The van der Waals surface area contributed by atoms with Crippen LogP contribution >= 0.6 is 0 Å². The summed E-state index contributed by atoms with van der Waals surface area (Å²) in [5.41, 5.74) is -0.525. The first-order chi connectivity index (χ1) is 9.26. The Morgan fingerprint density at radius 3 is 2.15 bits per heavy atom. The van der Waals surface area contributed by atoms with Gasteiger partial charge in [0, 0.05) is 23.3 Å². The monoisotopic (exact) mass is 290 g/mol. The van der Waals surface area contributed by atoms with Crippen molar-refractivity contribution in [2.24, 2.45) is 0 Å². The van der Waals surface area contributed by atoms with Gasteiger partial charge >= 0.3 is 6.36 Å². The second kappa shape index (κ2) is 4.99. The van der Waals surface area contributed by atoms with E-state index in [1.54, 1.807) is 0 Å². The fraction of sp³-hybridized carbons (Fsp3) is 0.0769. The summed E-state index contributed by atoms with van der Waals surface area (Å²) in [6.07, 6.45) is -5.00. The lowest BCUT2D eigenvalue weighted by Crippen LogP contribution is -2.17. The number of alkyl halides is 3. The second-order valence-electron chi connectivity index (χ2n) is 3.85. The molecule has 0 saturated heterocycles. The molecule has 0 radical (unpaired) electrons. The smallest absolute Gasteiger partial charge is 0.508 e. The highest BCUT2D eigenvalue weighted by Crippen LogP contribution is 2.37. The van der Waals surface area contributed by atoms with Crippen LogP contribution in [-0.2, 0) is 0 Å². The summed E-state index contributed by atoms with van der Waals surface area (Å²) in [6, 6.07) is 5.25. The molecule has 0 heterocycles. The van der Waals surface area contributed by atoms with Gasteiger partial charge in [0.05, 0.1) is 0 Å². The third-order valence-electron chi connectivity index (χ3n) is 2.41. The van der Waals surface area contributed by atoms with E-state index in [2.05, 4.69) is 4.74 Å². The second-order valence-corrected chi connectivity index (χ2v) is 3.85. The molecule has 1 N–H and O–H groups in total. The van der Waals surface area contributed by atoms with E-state index in [4.69, 9.17) is 0 Å². The Kier molecular flexibility index (Phi) is 3.52. The Hall–Kier alpha value is -2.31. The molecule has 7 heteroatoms. The molecule has 2 aromatic carbocycles. The van der Waals surface area contributed by atoms with Crippen LogP contribution in [0.4, 0.5) is 22.0 Å². The van der Waals surface area contributed by atoms with Crippen LogP contribution in [0.5, 0.6) is 11.5 Å². The van der Waals surface area contributed by atoms with Crippen molar-refractivity contribution in [1.29, 1.82) is 0 Å². The topological polar surface area (TPSA) is 29.5 Å². The van der Waals surface area contributed by atoms with Gasteiger partial charge in [-0.1, -0.05) is 0 Å². The molecule has 0 aliphatic carbocycles. The zero-order chi connectivity index (χ0) is 14.9. The number of phenolic OH excluding ortho intramolecular Hbond substituents is 1. The molecule has 0 aromatic heterocycles. The molecule has 0 atom stereocenters. The molecule has 0 aliphatic heterocycles. The van der Waals surface area contributed by atoms with Crippen molar-refractivity contribution in [3.63, 3.8) is 0 Å². The van der Waals surface area contributed by atoms with Gasteiger partial charge in [-0.05, 0) is 24.3 Å². The van der Waals surface area contributed by atoms with Gasteiger partial charge in [-0.25, -0.2) is 8.78 Å². The van der Waals surface area contributed by atoms with Crippen molar-refractivity contribution >= 4 is 0 Å². The van der Waals surface area contributed by atoms with Crippen molar-refractivity contribution in [3.8, 4) is 22.6 Å². The third kappa shape index (κ3) is 3.17. The van der Waals surface area contributed by atoms with E-state index in [-0.39, 0.29) is 11.1 Å². The quantitative estimate of drug-likeness (QED) is 0.838. The molecule has 2 nitrogen and oxygen atoms in total. The number of ether oxygens (including phenoxy) is 1.